The molecule has 1 unspecified atom stereocenters. The Morgan fingerprint density at radius 1 is 1.11 bits per heavy atom. The van der Waals surface area contributed by atoms with Crippen molar-refractivity contribution in [2.45, 2.75) is 25.3 Å². The third-order valence-corrected chi connectivity index (χ3v) is 4.65. The van der Waals surface area contributed by atoms with Crippen molar-refractivity contribution in [3.05, 3.63) is 71.3 Å². The number of likely N-dealkylation sites (tertiary alicyclic amines) is 1. The largest absolute Gasteiger partial charge is 0.478 e. The van der Waals surface area contributed by atoms with Crippen molar-refractivity contribution in [2.24, 2.45) is 0 Å². The molecule has 0 aromatic heterocycles. The standard InChI is InChI=1S/C21H22N2O4/c24-19(13-15-6-4-9-17(12-15)21(26)27)22-18(16-7-2-1-3-8-16)14-23-11-5-10-20(23)25/h1-4,6-9,12,18H,5,10-11,13-14H2,(H,22,24)(H,26,27). The minimum absolute atomic E-state index is 0.0817. The molecule has 0 aliphatic carbocycles. The first-order valence-electron chi connectivity index (χ1n) is 8.97. The van der Waals surface area contributed by atoms with Crippen LogP contribution in [0.25, 0.3) is 0 Å². The number of carbonyl (C=O) groups excluding carboxylic acids is 2. The van der Waals surface area contributed by atoms with Gasteiger partial charge in [0, 0.05) is 19.5 Å². The van der Waals surface area contributed by atoms with Gasteiger partial charge in [0.05, 0.1) is 18.0 Å². The van der Waals surface area contributed by atoms with E-state index in [-0.39, 0.29) is 29.8 Å². The van der Waals surface area contributed by atoms with E-state index in [1.807, 2.05) is 30.3 Å². The molecule has 6 heteroatoms. The van der Waals surface area contributed by atoms with E-state index < -0.39 is 5.97 Å². The fraction of sp³-hybridized carbons (Fsp3) is 0.286. The Kier molecular flexibility index (Phi) is 5.86. The van der Waals surface area contributed by atoms with E-state index in [0.717, 1.165) is 12.0 Å². The molecule has 0 bridgehead atoms. The van der Waals surface area contributed by atoms with Gasteiger partial charge in [0.25, 0.3) is 0 Å². The van der Waals surface area contributed by atoms with Crippen LogP contribution in [0.5, 0.6) is 0 Å². The number of amides is 2. The first-order valence-corrected chi connectivity index (χ1v) is 8.97. The minimum Gasteiger partial charge on any atom is -0.478 e. The third-order valence-electron chi connectivity index (χ3n) is 4.65. The van der Waals surface area contributed by atoms with Gasteiger partial charge in [-0.1, -0.05) is 42.5 Å². The second-order valence-corrected chi connectivity index (χ2v) is 6.66. The number of hydrogen-bond acceptors (Lipinski definition) is 3. The second-order valence-electron chi connectivity index (χ2n) is 6.66. The van der Waals surface area contributed by atoms with E-state index in [4.69, 9.17) is 5.11 Å². The van der Waals surface area contributed by atoms with Crippen LogP contribution >= 0.6 is 0 Å². The first kappa shape index (κ1) is 18.6. The van der Waals surface area contributed by atoms with Crippen molar-refractivity contribution >= 4 is 17.8 Å². The van der Waals surface area contributed by atoms with Crippen molar-refractivity contribution in [3.63, 3.8) is 0 Å². The molecule has 2 aromatic carbocycles. The van der Waals surface area contributed by atoms with E-state index in [0.29, 0.717) is 25.1 Å². The molecule has 3 rings (SSSR count). The molecular formula is C21H22N2O4. The summed E-state index contributed by atoms with van der Waals surface area (Å²) in [5.74, 6) is -1.12. The van der Waals surface area contributed by atoms with Crippen molar-refractivity contribution in [3.8, 4) is 0 Å². The van der Waals surface area contributed by atoms with Crippen LogP contribution in [0, 0.1) is 0 Å². The van der Waals surface area contributed by atoms with Crippen LogP contribution in [0.15, 0.2) is 54.6 Å². The molecule has 1 atom stereocenters. The lowest BCUT2D eigenvalue weighted by Crippen LogP contribution is -2.39. The molecule has 1 heterocycles. The van der Waals surface area contributed by atoms with Gasteiger partial charge in [-0.25, -0.2) is 4.79 Å². The number of carboxylic acid groups (broad SMARTS) is 1. The lowest BCUT2D eigenvalue weighted by atomic mass is 10.0. The van der Waals surface area contributed by atoms with E-state index in [1.54, 1.807) is 17.0 Å². The zero-order chi connectivity index (χ0) is 19.2. The zero-order valence-electron chi connectivity index (χ0n) is 14.9. The summed E-state index contributed by atoms with van der Waals surface area (Å²) < 4.78 is 0. The number of nitrogens with one attached hydrogen (secondary N) is 1. The summed E-state index contributed by atoms with van der Waals surface area (Å²) >= 11 is 0. The van der Waals surface area contributed by atoms with Crippen molar-refractivity contribution < 1.29 is 19.5 Å². The van der Waals surface area contributed by atoms with Gasteiger partial charge in [0.1, 0.15) is 0 Å². The van der Waals surface area contributed by atoms with Crippen LogP contribution in [-0.2, 0) is 16.0 Å². The van der Waals surface area contributed by atoms with Gasteiger partial charge < -0.3 is 15.3 Å². The second kappa shape index (κ2) is 8.49. The fourth-order valence-electron chi connectivity index (χ4n) is 3.28. The summed E-state index contributed by atoms with van der Waals surface area (Å²) in [5, 5.41) is 12.1. The molecule has 1 fully saturated rings. The van der Waals surface area contributed by atoms with Gasteiger partial charge in [-0.3, -0.25) is 9.59 Å². The maximum atomic E-state index is 12.6. The molecule has 1 aliphatic heterocycles. The Bertz CT molecular complexity index is 835. The van der Waals surface area contributed by atoms with Gasteiger partial charge >= 0.3 is 5.97 Å². The lowest BCUT2D eigenvalue weighted by Gasteiger charge is -2.25. The SMILES string of the molecule is O=C(Cc1cccc(C(=O)O)c1)NC(CN1CCCC1=O)c1ccccc1. The highest BCUT2D eigenvalue weighted by Gasteiger charge is 2.25. The summed E-state index contributed by atoms with van der Waals surface area (Å²) in [7, 11) is 0. The number of carboxylic acids is 1. The molecule has 0 spiro atoms. The maximum absolute atomic E-state index is 12.6. The smallest absolute Gasteiger partial charge is 0.335 e. The van der Waals surface area contributed by atoms with Gasteiger partial charge in [0.2, 0.25) is 11.8 Å². The van der Waals surface area contributed by atoms with Gasteiger partial charge in [0.15, 0.2) is 0 Å². The number of hydrogen-bond donors (Lipinski definition) is 2. The Hall–Kier alpha value is -3.15. The molecule has 2 N–H and O–H groups in total. The Labute approximate surface area is 157 Å². The van der Waals surface area contributed by atoms with Crippen LogP contribution in [-0.4, -0.2) is 40.9 Å². The highest BCUT2D eigenvalue weighted by atomic mass is 16.4. The summed E-state index contributed by atoms with van der Waals surface area (Å²) in [4.78, 5) is 37.4. The van der Waals surface area contributed by atoms with Crippen molar-refractivity contribution in [1.29, 1.82) is 0 Å². The van der Waals surface area contributed by atoms with Gasteiger partial charge in [-0.2, -0.15) is 0 Å². The lowest BCUT2D eigenvalue weighted by molar-refractivity contribution is -0.129. The molecule has 0 radical (unpaired) electrons. The summed E-state index contributed by atoms with van der Waals surface area (Å²) in [6, 6.07) is 15.6. The molecular weight excluding hydrogens is 344 g/mol. The number of aromatic carboxylic acids is 1. The Balaban J connectivity index is 1.71. The van der Waals surface area contributed by atoms with Crippen LogP contribution in [0.1, 0.15) is 40.4 Å². The van der Waals surface area contributed by atoms with Crippen LogP contribution in [0.4, 0.5) is 0 Å². The fourth-order valence-corrected chi connectivity index (χ4v) is 3.28. The third kappa shape index (κ3) is 4.94. The van der Waals surface area contributed by atoms with Crippen molar-refractivity contribution in [1.82, 2.24) is 10.2 Å². The van der Waals surface area contributed by atoms with E-state index in [2.05, 4.69) is 5.32 Å². The Morgan fingerprint density at radius 2 is 1.89 bits per heavy atom. The van der Waals surface area contributed by atoms with Gasteiger partial charge in [-0.05, 0) is 29.7 Å². The van der Waals surface area contributed by atoms with Crippen molar-refractivity contribution in [2.75, 3.05) is 13.1 Å². The average molecular weight is 366 g/mol. The number of rotatable bonds is 7. The van der Waals surface area contributed by atoms with E-state index >= 15 is 0 Å². The first-order chi connectivity index (χ1) is 13.0. The van der Waals surface area contributed by atoms with E-state index in [1.165, 1.54) is 12.1 Å². The molecule has 27 heavy (non-hydrogen) atoms. The quantitative estimate of drug-likeness (QED) is 0.788. The number of carbonyl (C=O) groups is 3. The predicted molar refractivity (Wildman–Crippen MR) is 100 cm³/mol. The molecule has 2 aromatic rings. The van der Waals surface area contributed by atoms with Crippen LogP contribution in [0.2, 0.25) is 0 Å². The monoisotopic (exact) mass is 366 g/mol. The summed E-state index contributed by atoms with van der Waals surface area (Å²) in [6.07, 6.45) is 1.48. The number of benzene rings is 2. The zero-order valence-corrected chi connectivity index (χ0v) is 14.9. The van der Waals surface area contributed by atoms with Crippen LogP contribution < -0.4 is 5.32 Å². The molecule has 2 amide bonds. The average Bonchev–Trinajstić information content (AvgIpc) is 3.07. The maximum Gasteiger partial charge on any atom is 0.335 e. The molecule has 6 nitrogen and oxygen atoms in total. The van der Waals surface area contributed by atoms with Gasteiger partial charge in [-0.15, -0.1) is 0 Å². The Morgan fingerprint density at radius 3 is 2.56 bits per heavy atom. The van der Waals surface area contributed by atoms with E-state index in [9.17, 15) is 14.4 Å². The molecule has 140 valence electrons. The predicted octanol–water partition coefficient (Wildman–Crippen LogP) is 2.41. The minimum atomic E-state index is -1.02. The normalized spacial score (nSPS) is 14.8. The molecule has 1 aliphatic rings. The van der Waals surface area contributed by atoms with Crippen LogP contribution in [0.3, 0.4) is 0 Å². The highest BCUT2D eigenvalue weighted by Crippen LogP contribution is 2.19. The molecule has 1 saturated heterocycles. The highest BCUT2D eigenvalue weighted by molar-refractivity contribution is 5.88. The summed E-state index contributed by atoms with van der Waals surface area (Å²) in [6.45, 7) is 1.14. The molecule has 0 saturated carbocycles. The topological polar surface area (TPSA) is 86.7 Å². The summed E-state index contributed by atoms with van der Waals surface area (Å²) in [5.41, 5.74) is 1.73. The number of nitrogens with zero attached hydrogens (tertiary/aromatic N) is 1.